The summed E-state index contributed by atoms with van der Waals surface area (Å²) in [7, 11) is 0. The molecule has 100 valence electrons. The summed E-state index contributed by atoms with van der Waals surface area (Å²) in [6, 6.07) is 6.84. The molecule has 0 heterocycles. The van der Waals surface area contributed by atoms with Crippen molar-refractivity contribution >= 4 is 23.1 Å². The third kappa shape index (κ3) is 3.79. The van der Waals surface area contributed by atoms with Gasteiger partial charge in [-0.2, -0.15) is 5.43 Å². The van der Waals surface area contributed by atoms with Crippen LogP contribution in [0.5, 0.6) is 0 Å². The number of hydrogen-bond acceptors (Lipinski definition) is 4. The SMILES string of the molecule is O=[N+]([O-])/C(=N\Nc1ccc(Cl)cc1)C1=CCCCC1. The Hall–Kier alpha value is -1.88. The lowest BCUT2D eigenvalue weighted by Crippen LogP contribution is -2.18. The average molecular weight is 280 g/mol. The first-order valence-electron chi connectivity index (χ1n) is 6.10. The summed E-state index contributed by atoms with van der Waals surface area (Å²) in [6.45, 7) is 0. The first kappa shape index (κ1) is 13.5. The highest BCUT2D eigenvalue weighted by molar-refractivity contribution is 6.30. The number of nitro groups is 1. The van der Waals surface area contributed by atoms with Gasteiger partial charge in [-0.3, -0.25) is 0 Å². The van der Waals surface area contributed by atoms with Gasteiger partial charge in [0.15, 0.2) is 0 Å². The summed E-state index contributed by atoms with van der Waals surface area (Å²) in [4.78, 5) is 10.6. The zero-order valence-corrected chi connectivity index (χ0v) is 11.1. The minimum atomic E-state index is -0.444. The van der Waals surface area contributed by atoms with Gasteiger partial charge in [0, 0.05) is 10.6 Å². The molecule has 1 aromatic rings. The number of rotatable bonds is 3. The van der Waals surface area contributed by atoms with Crippen LogP contribution < -0.4 is 5.43 Å². The molecule has 0 aliphatic heterocycles. The second kappa shape index (κ2) is 6.33. The fraction of sp³-hybridized carbons (Fsp3) is 0.308. The number of hydrogen-bond donors (Lipinski definition) is 1. The lowest BCUT2D eigenvalue weighted by atomic mass is 9.99. The van der Waals surface area contributed by atoms with Crippen molar-refractivity contribution in [1.29, 1.82) is 0 Å². The van der Waals surface area contributed by atoms with E-state index in [1.807, 2.05) is 6.08 Å². The van der Waals surface area contributed by atoms with Crippen LogP contribution in [0.25, 0.3) is 0 Å². The molecular formula is C13H14ClN3O2. The Morgan fingerprint density at radius 3 is 2.63 bits per heavy atom. The van der Waals surface area contributed by atoms with E-state index in [1.165, 1.54) is 0 Å². The number of amidine groups is 1. The molecule has 0 unspecified atom stereocenters. The second-order valence-corrected chi connectivity index (χ2v) is 4.72. The maximum absolute atomic E-state index is 11.0. The second-order valence-electron chi connectivity index (χ2n) is 4.29. The first-order chi connectivity index (χ1) is 9.16. The van der Waals surface area contributed by atoms with E-state index in [0.717, 1.165) is 19.3 Å². The summed E-state index contributed by atoms with van der Waals surface area (Å²) in [5.41, 5.74) is 4.07. The summed E-state index contributed by atoms with van der Waals surface area (Å²) >= 11 is 5.77. The molecule has 1 aliphatic carbocycles. The van der Waals surface area contributed by atoms with E-state index in [-0.39, 0.29) is 5.84 Å². The Balaban J connectivity index is 2.14. The Kier molecular flexibility index (Phi) is 4.52. The fourth-order valence-corrected chi connectivity index (χ4v) is 2.04. The molecule has 0 spiro atoms. The van der Waals surface area contributed by atoms with E-state index in [0.29, 0.717) is 22.7 Å². The van der Waals surface area contributed by atoms with E-state index < -0.39 is 4.92 Å². The zero-order chi connectivity index (χ0) is 13.7. The van der Waals surface area contributed by atoms with Gasteiger partial charge in [-0.1, -0.05) is 17.7 Å². The predicted octanol–water partition coefficient (Wildman–Crippen LogP) is 3.84. The molecule has 1 aromatic carbocycles. The van der Waals surface area contributed by atoms with Gasteiger partial charge < -0.3 is 10.1 Å². The molecule has 0 atom stereocenters. The van der Waals surface area contributed by atoms with Gasteiger partial charge in [-0.15, -0.1) is 0 Å². The molecular weight excluding hydrogens is 266 g/mol. The Morgan fingerprint density at radius 2 is 2.05 bits per heavy atom. The van der Waals surface area contributed by atoms with E-state index >= 15 is 0 Å². The van der Waals surface area contributed by atoms with E-state index in [9.17, 15) is 10.1 Å². The van der Waals surface area contributed by atoms with Crippen LogP contribution in [0.3, 0.4) is 0 Å². The van der Waals surface area contributed by atoms with Crippen molar-refractivity contribution < 1.29 is 4.92 Å². The highest BCUT2D eigenvalue weighted by atomic mass is 35.5. The van der Waals surface area contributed by atoms with Crippen LogP contribution in [-0.4, -0.2) is 10.8 Å². The molecule has 5 nitrogen and oxygen atoms in total. The van der Waals surface area contributed by atoms with Gasteiger partial charge in [-0.25, -0.2) is 0 Å². The van der Waals surface area contributed by atoms with Crippen molar-refractivity contribution in [2.24, 2.45) is 5.10 Å². The number of nitrogens with zero attached hydrogens (tertiary/aromatic N) is 2. The van der Waals surface area contributed by atoms with Crippen LogP contribution in [0.4, 0.5) is 5.69 Å². The minimum Gasteiger partial charge on any atom is -0.358 e. The molecule has 1 N–H and O–H groups in total. The highest BCUT2D eigenvalue weighted by Gasteiger charge is 2.21. The average Bonchev–Trinajstić information content (AvgIpc) is 2.42. The van der Waals surface area contributed by atoms with Gasteiger partial charge in [-0.05, 0) is 54.9 Å². The Labute approximate surface area is 116 Å². The molecule has 0 fully saturated rings. The number of hydrazone groups is 1. The number of anilines is 1. The molecule has 0 saturated heterocycles. The smallest absolute Gasteiger partial charge is 0.358 e. The molecule has 0 amide bonds. The number of halogens is 1. The van der Waals surface area contributed by atoms with Crippen LogP contribution >= 0.6 is 11.6 Å². The van der Waals surface area contributed by atoms with Crippen LogP contribution in [0, 0.1) is 10.1 Å². The van der Waals surface area contributed by atoms with Gasteiger partial charge in [0.25, 0.3) is 0 Å². The summed E-state index contributed by atoms with van der Waals surface area (Å²) in [6.07, 6.45) is 5.54. The summed E-state index contributed by atoms with van der Waals surface area (Å²) < 4.78 is 0. The molecule has 2 rings (SSSR count). The van der Waals surface area contributed by atoms with Crippen molar-refractivity contribution in [3.63, 3.8) is 0 Å². The zero-order valence-electron chi connectivity index (χ0n) is 10.3. The van der Waals surface area contributed by atoms with Gasteiger partial charge in [0.2, 0.25) is 0 Å². The van der Waals surface area contributed by atoms with Gasteiger partial charge in [0.1, 0.15) is 0 Å². The summed E-state index contributed by atoms with van der Waals surface area (Å²) in [5, 5.41) is 15.6. The lowest BCUT2D eigenvalue weighted by molar-refractivity contribution is -0.349. The lowest BCUT2D eigenvalue weighted by Gasteiger charge is -2.09. The quantitative estimate of drug-likeness (QED) is 0.395. The predicted molar refractivity (Wildman–Crippen MR) is 76.1 cm³/mol. The first-order valence-corrected chi connectivity index (χ1v) is 6.47. The summed E-state index contributed by atoms with van der Waals surface area (Å²) in [5.74, 6) is -0.102. The van der Waals surface area contributed by atoms with E-state index in [1.54, 1.807) is 24.3 Å². The van der Waals surface area contributed by atoms with Crippen LogP contribution in [0.15, 0.2) is 41.0 Å². The molecule has 0 saturated carbocycles. The van der Waals surface area contributed by atoms with Gasteiger partial charge >= 0.3 is 5.84 Å². The standard InChI is InChI=1S/C13H14ClN3O2/c14-11-6-8-12(9-7-11)15-16-13(17(18)19)10-4-2-1-3-5-10/h4,6-9,15H,1-3,5H2/b16-13-. The number of benzene rings is 1. The van der Waals surface area contributed by atoms with Crippen molar-refractivity contribution in [2.75, 3.05) is 5.43 Å². The fourth-order valence-electron chi connectivity index (χ4n) is 1.91. The monoisotopic (exact) mass is 279 g/mol. The molecule has 19 heavy (non-hydrogen) atoms. The van der Waals surface area contributed by atoms with E-state index in [2.05, 4.69) is 10.5 Å². The Bertz CT molecular complexity index is 523. The van der Waals surface area contributed by atoms with Gasteiger partial charge in [0.05, 0.1) is 10.8 Å². The van der Waals surface area contributed by atoms with Crippen LogP contribution in [-0.2, 0) is 0 Å². The van der Waals surface area contributed by atoms with E-state index in [4.69, 9.17) is 11.6 Å². The minimum absolute atomic E-state index is 0.102. The van der Waals surface area contributed by atoms with Crippen LogP contribution in [0.1, 0.15) is 25.7 Å². The number of nitrogens with one attached hydrogen (secondary N) is 1. The highest BCUT2D eigenvalue weighted by Crippen LogP contribution is 2.19. The Morgan fingerprint density at radius 1 is 1.32 bits per heavy atom. The van der Waals surface area contributed by atoms with Crippen molar-refractivity contribution in [2.45, 2.75) is 25.7 Å². The third-order valence-corrected chi connectivity index (χ3v) is 3.14. The third-order valence-electron chi connectivity index (χ3n) is 2.89. The largest absolute Gasteiger partial charge is 0.390 e. The molecule has 6 heteroatoms. The topological polar surface area (TPSA) is 67.5 Å². The molecule has 0 radical (unpaired) electrons. The maximum Gasteiger partial charge on any atom is 0.390 e. The molecule has 1 aliphatic rings. The van der Waals surface area contributed by atoms with Crippen molar-refractivity contribution in [3.05, 3.63) is 51.1 Å². The molecule has 0 bridgehead atoms. The number of allylic oxidation sites excluding steroid dienone is 1. The normalized spacial score (nSPS) is 15.8. The van der Waals surface area contributed by atoms with Crippen molar-refractivity contribution in [3.8, 4) is 0 Å². The van der Waals surface area contributed by atoms with Crippen molar-refractivity contribution in [1.82, 2.24) is 0 Å². The maximum atomic E-state index is 11.0. The molecule has 0 aromatic heterocycles. The van der Waals surface area contributed by atoms with Crippen LogP contribution in [0.2, 0.25) is 5.02 Å².